The first kappa shape index (κ1) is 26.9. The maximum Gasteiger partial charge on any atom is 0.306 e. The number of nitrogens with zero attached hydrogens (tertiary/aromatic N) is 3. The Kier molecular flexibility index (Phi) is 8.35. The number of fused-ring (bicyclic) bond motifs is 2. The average Bonchev–Trinajstić information content (AvgIpc) is 3.32. The molecule has 1 aromatic heterocycles. The Balaban J connectivity index is 1.48. The van der Waals surface area contributed by atoms with Crippen molar-refractivity contribution in [2.45, 2.75) is 91.1 Å². The number of aryl methyl sites for hydroxylation is 1. The van der Waals surface area contributed by atoms with E-state index in [0.29, 0.717) is 29.6 Å². The van der Waals surface area contributed by atoms with Crippen molar-refractivity contribution in [3.8, 4) is 0 Å². The van der Waals surface area contributed by atoms with Crippen molar-refractivity contribution < 1.29 is 9.53 Å². The van der Waals surface area contributed by atoms with Gasteiger partial charge in [-0.3, -0.25) is 9.59 Å². The number of esters is 1. The number of nitrogens with one attached hydrogen (secondary N) is 2. The van der Waals surface area contributed by atoms with Crippen LogP contribution in [0.5, 0.6) is 0 Å². The first-order chi connectivity index (χ1) is 17.6. The number of H-pyrrole nitrogens is 1. The van der Waals surface area contributed by atoms with Crippen LogP contribution in [0, 0.1) is 12.8 Å². The molecule has 2 aromatic rings. The zero-order valence-corrected chi connectivity index (χ0v) is 22.8. The van der Waals surface area contributed by atoms with E-state index in [2.05, 4.69) is 45.8 Å². The largest absolute Gasteiger partial charge is 0.460 e. The van der Waals surface area contributed by atoms with E-state index in [1.165, 1.54) is 25.7 Å². The predicted octanol–water partition coefficient (Wildman–Crippen LogP) is 4.79. The predicted molar refractivity (Wildman–Crippen MR) is 148 cm³/mol. The van der Waals surface area contributed by atoms with Crippen LogP contribution in [-0.4, -0.2) is 34.6 Å². The van der Waals surface area contributed by atoms with Gasteiger partial charge in [-0.1, -0.05) is 32.3 Å². The molecule has 37 heavy (non-hydrogen) atoms. The number of hydrogen-bond acceptors (Lipinski definition) is 7. The summed E-state index contributed by atoms with van der Waals surface area (Å²) < 4.78 is 5.40. The number of rotatable bonds is 10. The molecule has 0 spiro atoms. The van der Waals surface area contributed by atoms with Crippen molar-refractivity contribution in [3.63, 3.8) is 0 Å². The van der Waals surface area contributed by atoms with Crippen molar-refractivity contribution >= 4 is 35.4 Å². The Labute approximate surface area is 219 Å². The van der Waals surface area contributed by atoms with E-state index >= 15 is 0 Å². The van der Waals surface area contributed by atoms with E-state index in [-0.39, 0.29) is 11.5 Å². The van der Waals surface area contributed by atoms with Gasteiger partial charge in [0.1, 0.15) is 11.1 Å². The van der Waals surface area contributed by atoms with Crippen molar-refractivity contribution in [1.29, 1.82) is 0 Å². The van der Waals surface area contributed by atoms with E-state index in [1.54, 1.807) is 0 Å². The zero-order chi connectivity index (χ0) is 26.6. The molecule has 0 bridgehead atoms. The highest BCUT2D eigenvalue weighted by molar-refractivity contribution is 5.80. The molecule has 2 heterocycles. The van der Waals surface area contributed by atoms with Gasteiger partial charge in [0, 0.05) is 25.2 Å². The second-order valence-corrected chi connectivity index (χ2v) is 11.4. The first-order valence-electron chi connectivity index (χ1n) is 13.7. The SMILES string of the molecule is C=c1nc2c(c(=O)[nH]1)=Nc1cc(C)c(NCC3CCCC3)cc1N2CCCCCCC(=O)OC(C)(C)C. The Bertz CT molecular complexity index is 1290. The van der Waals surface area contributed by atoms with Crippen LogP contribution in [0.4, 0.5) is 22.9 Å². The number of benzene rings is 1. The topological polar surface area (TPSA) is 99.7 Å². The lowest BCUT2D eigenvalue weighted by molar-refractivity contribution is -0.154. The summed E-state index contributed by atoms with van der Waals surface area (Å²) in [7, 11) is 0. The van der Waals surface area contributed by atoms with Gasteiger partial charge < -0.3 is 19.9 Å². The highest BCUT2D eigenvalue weighted by Crippen LogP contribution is 2.39. The number of aromatic nitrogens is 2. The zero-order valence-electron chi connectivity index (χ0n) is 22.8. The third-order valence-electron chi connectivity index (χ3n) is 7.01. The highest BCUT2D eigenvalue weighted by atomic mass is 16.6. The van der Waals surface area contributed by atoms with Crippen molar-refractivity contribution in [3.05, 3.63) is 38.9 Å². The molecule has 0 amide bonds. The van der Waals surface area contributed by atoms with E-state index < -0.39 is 5.60 Å². The summed E-state index contributed by atoms with van der Waals surface area (Å²) in [6.07, 6.45) is 9.25. The minimum Gasteiger partial charge on any atom is -0.460 e. The van der Waals surface area contributed by atoms with E-state index in [9.17, 15) is 9.59 Å². The fourth-order valence-electron chi connectivity index (χ4n) is 5.18. The Morgan fingerprint density at radius 2 is 1.92 bits per heavy atom. The molecule has 0 unspecified atom stereocenters. The lowest BCUT2D eigenvalue weighted by atomic mass is 10.1. The van der Waals surface area contributed by atoms with Gasteiger partial charge in [-0.25, -0.2) is 9.98 Å². The second-order valence-electron chi connectivity index (χ2n) is 11.4. The smallest absolute Gasteiger partial charge is 0.306 e. The highest BCUT2D eigenvalue weighted by Gasteiger charge is 2.24. The Morgan fingerprint density at radius 3 is 2.65 bits per heavy atom. The van der Waals surface area contributed by atoms with E-state index in [0.717, 1.165) is 60.8 Å². The summed E-state index contributed by atoms with van der Waals surface area (Å²) in [5.74, 6) is 1.14. The third kappa shape index (κ3) is 6.99. The third-order valence-corrected chi connectivity index (χ3v) is 7.01. The van der Waals surface area contributed by atoms with Gasteiger partial charge >= 0.3 is 5.97 Å². The molecule has 1 aliphatic heterocycles. The van der Waals surface area contributed by atoms with Crippen LogP contribution in [0.15, 0.2) is 21.9 Å². The van der Waals surface area contributed by atoms with Gasteiger partial charge in [0.2, 0.25) is 0 Å². The molecular formula is C29H41N5O3. The summed E-state index contributed by atoms with van der Waals surface area (Å²) in [6.45, 7) is 13.3. The molecule has 0 radical (unpaired) electrons. The second kappa shape index (κ2) is 11.5. The maximum atomic E-state index is 12.7. The van der Waals surface area contributed by atoms with Crippen LogP contribution >= 0.6 is 0 Å². The molecule has 0 saturated heterocycles. The summed E-state index contributed by atoms with van der Waals surface area (Å²) in [4.78, 5) is 38.7. The summed E-state index contributed by atoms with van der Waals surface area (Å²) >= 11 is 0. The number of unbranched alkanes of at least 4 members (excludes halogenated alkanes) is 3. The van der Waals surface area contributed by atoms with Crippen LogP contribution < -0.4 is 26.6 Å². The van der Waals surface area contributed by atoms with Gasteiger partial charge in [-0.15, -0.1) is 0 Å². The number of carbonyl (C=O) groups is 1. The van der Waals surface area contributed by atoms with Crippen LogP contribution in [0.25, 0.3) is 6.58 Å². The molecule has 2 N–H and O–H groups in total. The minimum atomic E-state index is -0.446. The number of anilines is 3. The summed E-state index contributed by atoms with van der Waals surface area (Å²) in [5, 5.41) is 4.00. The molecular weight excluding hydrogens is 466 g/mol. The molecule has 1 fully saturated rings. The van der Waals surface area contributed by atoms with Crippen LogP contribution in [0.2, 0.25) is 0 Å². The standard InChI is InChI=1S/C29H41N5O3/c1-19-16-23-24(17-22(19)30-18-21-12-9-10-13-21)34(27-26(33-23)28(36)32-20(2)31-27)15-11-7-6-8-14-25(35)37-29(3,4)5/h16-17,21,30H,2,6-15,18H2,1,3-5H3,(H,32,36). The molecule has 8 nitrogen and oxygen atoms in total. The van der Waals surface area contributed by atoms with E-state index in [4.69, 9.17) is 9.73 Å². The van der Waals surface area contributed by atoms with Gasteiger partial charge in [0.25, 0.3) is 5.56 Å². The molecule has 1 aromatic carbocycles. The number of hydrogen-bond donors (Lipinski definition) is 2. The lowest BCUT2D eigenvalue weighted by Crippen LogP contribution is -2.42. The van der Waals surface area contributed by atoms with Crippen LogP contribution in [-0.2, 0) is 9.53 Å². The van der Waals surface area contributed by atoms with Crippen LogP contribution in [0.1, 0.15) is 84.1 Å². The van der Waals surface area contributed by atoms with Gasteiger partial charge in [-0.05, 0) is 77.0 Å². The lowest BCUT2D eigenvalue weighted by Gasteiger charge is -2.29. The monoisotopic (exact) mass is 507 g/mol. The fraction of sp³-hybridized carbons (Fsp3) is 0.586. The van der Waals surface area contributed by atoms with Gasteiger partial charge in [-0.2, -0.15) is 0 Å². The van der Waals surface area contributed by atoms with Gasteiger partial charge in [0.05, 0.1) is 11.4 Å². The van der Waals surface area contributed by atoms with Crippen molar-refractivity contribution in [1.82, 2.24) is 9.97 Å². The molecule has 1 saturated carbocycles. The quantitative estimate of drug-likeness (QED) is 0.354. The molecule has 200 valence electrons. The summed E-state index contributed by atoms with van der Waals surface area (Å²) in [5.41, 5.74) is 3.57. The Morgan fingerprint density at radius 1 is 1.19 bits per heavy atom. The van der Waals surface area contributed by atoms with Crippen molar-refractivity contribution in [2.75, 3.05) is 23.3 Å². The van der Waals surface area contributed by atoms with Crippen molar-refractivity contribution in [2.24, 2.45) is 10.9 Å². The average molecular weight is 508 g/mol. The normalized spacial score (nSPS) is 15.2. The fourth-order valence-corrected chi connectivity index (χ4v) is 5.18. The molecule has 4 rings (SSSR count). The molecule has 0 atom stereocenters. The number of aromatic amines is 1. The molecule has 1 aliphatic carbocycles. The Hall–Kier alpha value is -3.16. The van der Waals surface area contributed by atoms with Crippen LogP contribution in [0.3, 0.4) is 0 Å². The first-order valence-corrected chi connectivity index (χ1v) is 13.7. The minimum absolute atomic E-state index is 0.146. The number of carbonyl (C=O) groups excluding carboxylic acids is 1. The van der Waals surface area contributed by atoms with E-state index in [1.807, 2.05) is 20.8 Å². The molecule has 2 aliphatic rings. The van der Waals surface area contributed by atoms with Gasteiger partial charge in [0.15, 0.2) is 11.2 Å². The maximum absolute atomic E-state index is 12.7. The number of ether oxygens (including phenoxy) is 1. The molecule has 8 heteroatoms. The summed E-state index contributed by atoms with van der Waals surface area (Å²) in [6, 6.07) is 4.21.